The number of hydrogen-bond acceptors (Lipinski definition) is 4. The second-order valence-corrected chi connectivity index (χ2v) is 6.38. The van der Waals surface area contributed by atoms with Gasteiger partial charge >= 0.3 is 0 Å². The van der Waals surface area contributed by atoms with Crippen LogP contribution in [-0.2, 0) is 26.7 Å². The molecule has 8 nitrogen and oxygen atoms in total. The van der Waals surface area contributed by atoms with Crippen LogP contribution in [0.4, 0.5) is 0 Å². The van der Waals surface area contributed by atoms with Crippen molar-refractivity contribution in [3.63, 3.8) is 0 Å². The molecule has 0 saturated carbocycles. The zero-order valence-corrected chi connectivity index (χ0v) is 16.3. The van der Waals surface area contributed by atoms with Gasteiger partial charge in [0.1, 0.15) is 5.82 Å². The summed E-state index contributed by atoms with van der Waals surface area (Å²) in [5, 5.41) is 19.1. The maximum Gasteiger partial charge on any atom is 0.192 e. The molecule has 0 fully saturated rings. The van der Waals surface area contributed by atoms with Crippen molar-refractivity contribution in [3.05, 3.63) is 78.2 Å². The van der Waals surface area contributed by atoms with Gasteiger partial charge in [0.15, 0.2) is 11.8 Å². The van der Waals surface area contributed by atoms with Crippen LogP contribution in [-0.4, -0.2) is 37.0 Å². The highest BCUT2D eigenvalue weighted by Gasteiger charge is 2.07. The van der Waals surface area contributed by atoms with E-state index in [0.29, 0.717) is 25.6 Å². The fourth-order valence-corrected chi connectivity index (χ4v) is 2.71. The maximum atomic E-state index is 4.73. The van der Waals surface area contributed by atoms with Crippen LogP contribution in [0.5, 0.6) is 0 Å². The zero-order valence-electron chi connectivity index (χ0n) is 16.3. The fourth-order valence-electron chi connectivity index (χ4n) is 2.71. The first-order valence-corrected chi connectivity index (χ1v) is 9.19. The molecule has 0 spiro atoms. The molecule has 0 radical (unpaired) electrons. The first kappa shape index (κ1) is 19.3. The predicted molar refractivity (Wildman–Crippen MR) is 110 cm³/mol. The third-order valence-electron chi connectivity index (χ3n) is 4.43. The Morgan fingerprint density at radius 2 is 2.00 bits per heavy atom. The quantitative estimate of drug-likeness (QED) is 0.355. The molecular weight excluding hydrogens is 352 g/mol. The maximum absolute atomic E-state index is 4.73. The largest absolute Gasteiger partial charge is 0.353 e. The van der Waals surface area contributed by atoms with Crippen LogP contribution in [0, 0.1) is 6.92 Å². The minimum Gasteiger partial charge on any atom is -0.353 e. The van der Waals surface area contributed by atoms with E-state index in [-0.39, 0.29) is 0 Å². The Bertz CT molecular complexity index is 924. The Morgan fingerprint density at radius 1 is 1.18 bits per heavy atom. The van der Waals surface area contributed by atoms with Crippen LogP contribution >= 0.6 is 0 Å². The summed E-state index contributed by atoms with van der Waals surface area (Å²) in [6.45, 7) is 8.13. The van der Waals surface area contributed by atoms with E-state index in [1.165, 1.54) is 5.56 Å². The molecule has 0 amide bonds. The smallest absolute Gasteiger partial charge is 0.192 e. The van der Waals surface area contributed by atoms with Gasteiger partial charge in [-0.05, 0) is 24.1 Å². The number of hydrogen-bond donors (Lipinski definition) is 2. The summed E-state index contributed by atoms with van der Waals surface area (Å²) in [6, 6.07) is 10.2. The van der Waals surface area contributed by atoms with Gasteiger partial charge in [0.05, 0.1) is 19.6 Å². The van der Waals surface area contributed by atoms with Gasteiger partial charge in [0.2, 0.25) is 0 Å². The van der Waals surface area contributed by atoms with Gasteiger partial charge in [-0.2, -0.15) is 5.10 Å². The third kappa shape index (κ3) is 5.06. The molecule has 146 valence electrons. The Morgan fingerprint density at radius 3 is 2.68 bits per heavy atom. The number of aryl methyl sites for hydroxylation is 1. The molecule has 0 atom stereocenters. The molecule has 0 aliphatic rings. The van der Waals surface area contributed by atoms with E-state index in [1.807, 2.05) is 47.6 Å². The summed E-state index contributed by atoms with van der Waals surface area (Å²) >= 11 is 0. The summed E-state index contributed by atoms with van der Waals surface area (Å²) in [7, 11) is 1.95. The lowest BCUT2D eigenvalue weighted by molar-refractivity contribution is 0.680. The molecule has 3 aromatic rings. The van der Waals surface area contributed by atoms with Crippen LogP contribution in [0.25, 0.3) is 0 Å². The van der Waals surface area contributed by atoms with Crippen LogP contribution in [0.15, 0.2) is 60.4 Å². The van der Waals surface area contributed by atoms with Gasteiger partial charge in [0.25, 0.3) is 0 Å². The highest BCUT2D eigenvalue weighted by molar-refractivity contribution is 5.79. The second-order valence-electron chi connectivity index (χ2n) is 6.38. The van der Waals surface area contributed by atoms with E-state index in [1.54, 1.807) is 12.3 Å². The molecule has 3 rings (SSSR count). The van der Waals surface area contributed by atoms with Crippen molar-refractivity contribution in [1.82, 2.24) is 35.2 Å². The van der Waals surface area contributed by atoms with Gasteiger partial charge < -0.3 is 15.2 Å². The van der Waals surface area contributed by atoms with Crippen molar-refractivity contribution in [2.24, 2.45) is 12.0 Å². The molecule has 0 bridgehead atoms. The van der Waals surface area contributed by atoms with Crippen LogP contribution in [0.3, 0.4) is 0 Å². The number of nitrogens with one attached hydrogen (secondary N) is 2. The van der Waals surface area contributed by atoms with Crippen molar-refractivity contribution in [2.45, 2.75) is 26.6 Å². The van der Waals surface area contributed by atoms with Gasteiger partial charge in [-0.15, -0.1) is 16.8 Å². The Kier molecular flexibility index (Phi) is 6.56. The first-order chi connectivity index (χ1) is 13.7. The van der Waals surface area contributed by atoms with E-state index in [0.717, 1.165) is 23.8 Å². The normalized spacial score (nSPS) is 11.4. The highest BCUT2D eigenvalue weighted by atomic mass is 15.3. The molecule has 2 N–H and O–H groups in total. The second kappa shape index (κ2) is 9.50. The molecule has 28 heavy (non-hydrogen) atoms. The summed E-state index contributed by atoms with van der Waals surface area (Å²) in [6.07, 6.45) is 5.55. The molecule has 1 aromatic carbocycles. The lowest BCUT2D eigenvalue weighted by atomic mass is 10.1. The highest BCUT2D eigenvalue weighted by Crippen LogP contribution is 2.11. The van der Waals surface area contributed by atoms with E-state index < -0.39 is 0 Å². The van der Waals surface area contributed by atoms with Crippen LogP contribution in [0.2, 0.25) is 0 Å². The van der Waals surface area contributed by atoms with E-state index in [2.05, 4.69) is 44.6 Å². The Hall–Kier alpha value is -3.42. The molecular formula is C20H26N8. The lowest BCUT2D eigenvalue weighted by Crippen LogP contribution is -2.37. The van der Waals surface area contributed by atoms with Crippen molar-refractivity contribution in [3.8, 4) is 0 Å². The van der Waals surface area contributed by atoms with Gasteiger partial charge in [-0.1, -0.05) is 30.3 Å². The van der Waals surface area contributed by atoms with Crippen LogP contribution in [0.1, 0.15) is 22.8 Å². The lowest BCUT2D eigenvalue weighted by Gasteiger charge is -2.12. The summed E-state index contributed by atoms with van der Waals surface area (Å²) in [5.41, 5.74) is 2.36. The molecule has 2 aromatic heterocycles. The Labute approximate surface area is 165 Å². The number of nitrogens with zero attached hydrogens (tertiary/aromatic N) is 6. The minimum atomic E-state index is 0.537. The summed E-state index contributed by atoms with van der Waals surface area (Å²) in [5.74, 6) is 2.43. The van der Waals surface area contributed by atoms with Crippen molar-refractivity contribution >= 4 is 5.96 Å². The molecule has 0 saturated heterocycles. The summed E-state index contributed by atoms with van der Waals surface area (Å²) in [4.78, 5) is 4.73. The van der Waals surface area contributed by atoms with Crippen LogP contribution < -0.4 is 10.6 Å². The number of rotatable bonds is 8. The predicted octanol–water partition coefficient (Wildman–Crippen LogP) is 1.79. The molecule has 8 heteroatoms. The van der Waals surface area contributed by atoms with E-state index in [9.17, 15) is 0 Å². The standard InChI is InChI=1S/C20H26N8/c1-4-10-21-20(23-14-19-26-25-16(2)27(19)3)22-13-17-8-5-6-9-18(17)15-28-12-7-11-24-28/h4-9,11-12H,1,10,13-15H2,2-3H3,(H2,21,22,23). The molecule has 0 unspecified atom stereocenters. The van der Waals surface area contributed by atoms with Gasteiger partial charge in [0, 0.05) is 26.0 Å². The minimum absolute atomic E-state index is 0.537. The number of aliphatic imine (C=N–C) groups is 1. The molecule has 0 aliphatic carbocycles. The van der Waals surface area contributed by atoms with Crippen molar-refractivity contribution in [2.75, 3.05) is 6.54 Å². The number of aromatic nitrogens is 5. The zero-order chi connectivity index (χ0) is 19.8. The van der Waals surface area contributed by atoms with Crippen molar-refractivity contribution < 1.29 is 0 Å². The SMILES string of the molecule is C=CCNC(=NCc1ccccc1Cn1cccn1)NCc1nnc(C)n1C. The topological polar surface area (TPSA) is 84.9 Å². The fraction of sp³-hybridized carbons (Fsp3) is 0.300. The summed E-state index contributed by atoms with van der Waals surface area (Å²) < 4.78 is 3.87. The average molecular weight is 378 g/mol. The van der Waals surface area contributed by atoms with E-state index in [4.69, 9.17) is 4.99 Å². The molecule has 2 heterocycles. The molecule has 0 aliphatic heterocycles. The first-order valence-electron chi connectivity index (χ1n) is 9.19. The van der Waals surface area contributed by atoms with Gasteiger partial charge in [-0.25, -0.2) is 4.99 Å². The number of guanidine groups is 1. The number of benzene rings is 1. The van der Waals surface area contributed by atoms with Crippen molar-refractivity contribution in [1.29, 1.82) is 0 Å². The average Bonchev–Trinajstić information content (AvgIpc) is 3.33. The van der Waals surface area contributed by atoms with E-state index >= 15 is 0 Å². The third-order valence-corrected chi connectivity index (χ3v) is 4.43. The van der Waals surface area contributed by atoms with Gasteiger partial charge in [-0.3, -0.25) is 4.68 Å². The monoisotopic (exact) mass is 378 g/mol. The Balaban J connectivity index is 1.70.